The average molecular weight is 231 g/mol. The standard InChI is InChI=1S/C9H18O2.2ClH/c1-3-5-6-7-8(4-2)9(10)11;;/h8H,3-7H2,1-2H3,(H,10,11);2*1H. The smallest absolute Gasteiger partial charge is 0.306 e. The van der Waals surface area contributed by atoms with Crippen molar-refractivity contribution in [3.63, 3.8) is 0 Å². The molecule has 0 bridgehead atoms. The van der Waals surface area contributed by atoms with Gasteiger partial charge in [-0.25, -0.2) is 0 Å². The molecule has 0 amide bonds. The van der Waals surface area contributed by atoms with Gasteiger partial charge >= 0.3 is 5.97 Å². The monoisotopic (exact) mass is 230 g/mol. The molecule has 1 atom stereocenters. The zero-order chi connectivity index (χ0) is 8.69. The number of hydrogen-bond donors (Lipinski definition) is 1. The fourth-order valence-electron chi connectivity index (χ4n) is 1.14. The lowest BCUT2D eigenvalue weighted by molar-refractivity contribution is -0.142. The summed E-state index contributed by atoms with van der Waals surface area (Å²) < 4.78 is 0. The molecule has 82 valence electrons. The minimum Gasteiger partial charge on any atom is -0.481 e. The van der Waals surface area contributed by atoms with Gasteiger partial charge in [-0.3, -0.25) is 4.79 Å². The van der Waals surface area contributed by atoms with Crippen molar-refractivity contribution >= 4 is 30.8 Å². The van der Waals surface area contributed by atoms with E-state index in [1.165, 1.54) is 0 Å². The summed E-state index contributed by atoms with van der Waals surface area (Å²) in [7, 11) is 0. The van der Waals surface area contributed by atoms with Crippen LogP contribution in [0.1, 0.15) is 46.0 Å². The first-order valence-electron chi connectivity index (χ1n) is 4.45. The zero-order valence-electron chi connectivity index (χ0n) is 8.28. The molecule has 0 saturated heterocycles. The molecule has 0 radical (unpaired) electrons. The molecule has 0 heterocycles. The fraction of sp³-hybridized carbons (Fsp3) is 0.889. The molecule has 0 aliphatic heterocycles. The third-order valence-corrected chi connectivity index (χ3v) is 2.00. The number of carbonyl (C=O) groups is 1. The summed E-state index contributed by atoms with van der Waals surface area (Å²) in [6, 6.07) is 0. The van der Waals surface area contributed by atoms with Crippen molar-refractivity contribution in [1.29, 1.82) is 0 Å². The Morgan fingerprint density at radius 2 is 1.77 bits per heavy atom. The van der Waals surface area contributed by atoms with E-state index in [0.29, 0.717) is 0 Å². The Hall–Kier alpha value is 0.0500. The van der Waals surface area contributed by atoms with Crippen molar-refractivity contribution in [3.8, 4) is 0 Å². The highest BCUT2D eigenvalue weighted by molar-refractivity contribution is 5.85. The Morgan fingerprint density at radius 1 is 1.23 bits per heavy atom. The molecule has 0 fully saturated rings. The van der Waals surface area contributed by atoms with Crippen LogP contribution in [0.15, 0.2) is 0 Å². The van der Waals surface area contributed by atoms with Crippen molar-refractivity contribution in [2.75, 3.05) is 0 Å². The zero-order valence-corrected chi connectivity index (χ0v) is 9.92. The summed E-state index contributed by atoms with van der Waals surface area (Å²) in [5.74, 6) is -0.745. The minimum absolute atomic E-state index is 0. The minimum atomic E-state index is -0.636. The van der Waals surface area contributed by atoms with Gasteiger partial charge < -0.3 is 5.11 Å². The van der Waals surface area contributed by atoms with Crippen LogP contribution in [0.4, 0.5) is 0 Å². The van der Waals surface area contributed by atoms with Crippen LogP contribution in [-0.4, -0.2) is 11.1 Å². The van der Waals surface area contributed by atoms with Gasteiger partial charge in [-0.05, 0) is 12.8 Å². The van der Waals surface area contributed by atoms with Gasteiger partial charge in [0.15, 0.2) is 0 Å². The lowest BCUT2D eigenvalue weighted by Crippen LogP contribution is -2.12. The molecule has 13 heavy (non-hydrogen) atoms. The molecule has 0 rings (SSSR count). The van der Waals surface area contributed by atoms with Crippen LogP contribution in [0.25, 0.3) is 0 Å². The number of aliphatic carboxylic acids is 1. The van der Waals surface area contributed by atoms with E-state index in [9.17, 15) is 4.79 Å². The first kappa shape index (κ1) is 18.8. The Labute approximate surface area is 92.9 Å². The van der Waals surface area contributed by atoms with Gasteiger partial charge in [0.2, 0.25) is 0 Å². The number of rotatable bonds is 6. The molecule has 0 saturated carbocycles. The third-order valence-electron chi connectivity index (χ3n) is 2.00. The molecule has 2 nitrogen and oxygen atoms in total. The van der Waals surface area contributed by atoms with E-state index < -0.39 is 5.97 Å². The maximum Gasteiger partial charge on any atom is 0.306 e. The Morgan fingerprint density at radius 3 is 2.08 bits per heavy atom. The fourth-order valence-corrected chi connectivity index (χ4v) is 1.14. The molecule has 4 heteroatoms. The maximum absolute atomic E-state index is 10.5. The summed E-state index contributed by atoms with van der Waals surface area (Å²) in [6.07, 6.45) is 4.99. The number of halogens is 2. The molecular weight excluding hydrogens is 211 g/mol. The third kappa shape index (κ3) is 9.97. The summed E-state index contributed by atoms with van der Waals surface area (Å²) in [6.45, 7) is 4.06. The van der Waals surface area contributed by atoms with Crippen LogP contribution in [0, 0.1) is 5.92 Å². The molecule has 1 N–H and O–H groups in total. The molecule has 0 aliphatic carbocycles. The van der Waals surface area contributed by atoms with Crippen LogP contribution in [0.3, 0.4) is 0 Å². The second kappa shape index (κ2) is 12.0. The van der Waals surface area contributed by atoms with Crippen molar-refractivity contribution in [1.82, 2.24) is 0 Å². The van der Waals surface area contributed by atoms with Gasteiger partial charge in [0.25, 0.3) is 0 Å². The quantitative estimate of drug-likeness (QED) is 0.710. The van der Waals surface area contributed by atoms with E-state index in [0.717, 1.165) is 32.1 Å². The largest absolute Gasteiger partial charge is 0.481 e. The van der Waals surface area contributed by atoms with E-state index in [2.05, 4.69) is 6.92 Å². The number of unbranched alkanes of at least 4 members (excludes halogenated alkanes) is 2. The van der Waals surface area contributed by atoms with Crippen LogP contribution in [0.2, 0.25) is 0 Å². The molecule has 0 aromatic rings. The van der Waals surface area contributed by atoms with E-state index in [-0.39, 0.29) is 30.7 Å². The van der Waals surface area contributed by atoms with Crippen molar-refractivity contribution < 1.29 is 9.90 Å². The van der Waals surface area contributed by atoms with Crippen molar-refractivity contribution in [2.24, 2.45) is 5.92 Å². The predicted molar refractivity (Wildman–Crippen MR) is 60.1 cm³/mol. The maximum atomic E-state index is 10.5. The molecule has 1 unspecified atom stereocenters. The van der Waals surface area contributed by atoms with E-state index in [1.807, 2.05) is 6.92 Å². The Kier molecular flexibility index (Phi) is 17.4. The van der Waals surface area contributed by atoms with E-state index in [4.69, 9.17) is 5.11 Å². The second-order valence-electron chi connectivity index (χ2n) is 2.94. The molecule has 0 spiro atoms. The topological polar surface area (TPSA) is 37.3 Å². The highest BCUT2D eigenvalue weighted by Crippen LogP contribution is 2.13. The van der Waals surface area contributed by atoms with Crippen LogP contribution in [0.5, 0.6) is 0 Å². The normalized spacial score (nSPS) is 10.9. The lowest BCUT2D eigenvalue weighted by atomic mass is 9.99. The first-order valence-corrected chi connectivity index (χ1v) is 4.45. The molecule has 0 aromatic carbocycles. The SMILES string of the molecule is CCCCCC(CC)C(=O)O.Cl.Cl. The highest BCUT2D eigenvalue weighted by atomic mass is 35.5. The number of carboxylic acids is 1. The van der Waals surface area contributed by atoms with Gasteiger partial charge in [-0.15, -0.1) is 24.8 Å². The van der Waals surface area contributed by atoms with Crippen LogP contribution < -0.4 is 0 Å². The predicted octanol–water partition coefficient (Wildman–Crippen LogP) is 3.52. The Balaban J connectivity index is -0.000000500. The summed E-state index contributed by atoms with van der Waals surface area (Å²) in [4.78, 5) is 10.5. The first-order chi connectivity index (χ1) is 5.22. The van der Waals surface area contributed by atoms with Gasteiger partial charge in [-0.2, -0.15) is 0 Å². The molecular formula is C9H20Cl2O2. The van der Waals surface area contributed by atoms with Crippen LogP contribution >= 0.6 is 24.8 Å². The van der Waals surface area contributed by atoms with Gasteiger partial charge in [0, 0.05) is 0 Å². The van der Waals surface area contributed by atoms with E-state index in [1.54, 1.807) is 0 Å². The highest BCUT2D eigenvalue weighted by Gasteiger charge is 2.13. The summed E-state index contributed by atoms with van der Waals surface area (Å²) in [5, 5.41) is 8.67. The molecule has 0 aromatic heterocycles. The van der Waals surface area contributed by atoms with Crippen LogP contribution in [-0.2, 0) is 4.79 Å². The number of hydrogen-bond acceptors (Lipinski definition) is 1. The lowest BCUT2D eigenvalue weighted by Gasteiger charge is -2.07. The van der Waals surface area contributed by atoms with E-state index >= 15 is 0 Å². The van der Waals surface area contributed by atoms with Crippen molar-refractivity contribution in [3.05, 3.63) is 0 Å². The number of carboxylic acid groups (broad SMARTS) is 1. The second-order valence-corrected chi connectivity index (χ2v) is 2.94. The average Bonchev–Trinajstić information content (AvgIpc) is 1.97. The Bertz CT molecular complexity index is 118. The summed E-state index contributed by atoms with van der Waals surface area (Å²) >= 11 is 0. The molecule has 0 aliphatic rings. The van der Waals surface area contributed by atoms with Crippen molar-refractivity contribution in [2.45, 2.75) is 46.0 Å². The van der Waals surface area contributed by atoms with Gasteiger partial charge in [-0.1, -0.05) is 33.1 Å². The summed E-state index contributed by atoms with van der Waals surface area (Å²) in [5.41, 5.74) is 0. The van der Waals surface area contributed by atoms with Gasteiger partial charge in [0.05, 0.1) is 5.92 Å². The van der Waals surface area contributed by atoms with Gasteiger partial charge in [0.1, 0.15) is 0 Å².